The van der Waals surface area contributed by atoms with Crippen LogP contribution in [-0.4, -0.2) is 39.2 Å². The number of methoxy groups -OCH3 is 1. The third-order valence-electron chi connectivity index (χ3n) is 3.45. The van der Waals surface area contributed by atoms with E-state index < -0.39 is 0 Å². The molecule has 0 spiro atoms. The number of aromatic nitrogens is 1. The van der Waals surface area contributed by atoms with Gasteiger partial charge in [-0.05, 0) is 17.7 Å². The van der Waals surface area contributed by atoms with Gasteiger partial charge in [-0.2, -0.15) is 0 Å². The minimum Gasteiger partial charge on any atom is -0.380 e. The van der Waals surface area contributed by atoms with Crippen molar-refractivity contribution in [1.29, 1.82) is 0 Å². The maximum atomic E-state index is 13.6. The molecule has 1 heterocycles. The van der Waals surface area contributed by atoms with Gasteiger partial charge in [0.05, 0.1) is 18.8 Å². The Labute approximate surface area is 174 Å². The number of rotatable bonds is 7. The molecule has 0 saturated carbocycles. The zero-order chi connectivity index (χ0) is 18.2. The van der Waals surface area contributed by atoms with Crippen molar-refractivity contribution in [3.8, 4) is 0 Å². The monoisotopic (exact) mass is 493 g/mol. The molecule has 9 heteroatoms. The summed E-state index contributed by atoms with van der Waals surface area (Å²) in [6.45, 7) is 1.38. The van der Waals surface area contributed by atoms with E-state index in [9.17, 15) is 4.39 Å². The van der Waals surface area contributed by atoms with Gasteiger partial charge in [-0.3, -0.25) is 4.99 Å². The second kappa shape index (κ2) is 11.3. The molecule has 2 aromatic rings. The normalized spacial score (nSPS) is 11.0. The predicted octanol–water partition coefficient (Wildman–Crippen LogP) is 2.98. The highest BCUT2D eigenvalue weighted by molar-refractivity contribution is 14.0. The van der Waals surface area contributed by atoms with Crippen molar-refractivity contribution in [2.45, 2.75) is 19.7 Å². The molecule has 0 aliphatic heterocycles. The highest BCUT2D eigenvalue weighted by Crippen LogP contribution is 2.17. The minimum absolute atomic E-state index is 0. The molecular formula is C17H25FIN5OS. The Morgan fingerprint density at radius 1 is 1.31 bits per heavy atom. The molecule has 0 fully saturated rings. The maximum absolute atomic E-state index is 13.6. The second-order valence-electron chi connectivity index (χ2n) is 5.65. The topological polar surface area (TPSA) is 61.8 Å². The molecule has 26 heavy (non-hydrogen) atoms. The zero-order valence-corrected chi connectivity index (χ0v) is 18.5. The van der Waals surface area contributed by atoms with Crippen LogP contribution in [0.2, 0.25) is 0 Å². The quantitative estimate of drug-likeness (QED) is 0.353. The van der Waals surface area contributed by atoms with Gasteiger partial charge >= 0.3 is 0 Å². The summed E-state index contributed by atoms with van der Waals surface area (Å²) in [6.07, 6.45) is 0. The first-order valence-electron chi connectivity index (χ1n) is 7.86. The Kier molecular flexibility index (Phi) is 9.81. The molecule has 0 atom stereocenters. The molecule has 2 rings (SSSR count). The van der Waals surface area contributed by atoms with E-state index in [4.69, 9.17) is 4.74 Å². The van der Waals surface area contributed by atoms with Crippen LogP contribution < -0.4 is 15.5 Å². The number of hydrogen-bond donors (Lipinski definition) is 2. The van der Waals surface area contributed by atoms with Crippen LogP contribution >= 0.6 is 35.3 Å². The van der Waals surface area contributed by atoms with Crippen molar-refractivity contribution in [2.24, 2.45) is 4.99 Å². The molecule has 6 nitrogen and oxygen atoms in total. The minimum atomic E-state index is -0.256. The summed E-state index contributed by atoms with van der Waals surface area (Å²) in [5.41, 5.74) is 2.46. The Hall–Kier alpha value is -1.46. The summed E-state index contributed by atoms with van der Waals surface area (Å²) in [4.78, 5) is 10.7. The van der Waals surface area contributed by atoms with Crippen LogP contribution in [0.25, 0.3) is 0 Å². The highest BCUT2D eigenvalue weighted by atomic mass is 127. The van der Waals surface area contributed by atoms with Crippen molar-refractivity contribution in [2.75, 3.05) is 33.2 Å². The van der Waals surface area contributed by atoms with E-state index in [1.807, 2.05) is 24.4 Å². The molecule has 0 saturated heterocycles. The fourth-order valence-electron chi connectivity index (χ4n) is 2.17. The maximum Gasteiger partial charge on any atom is 0.191 e. The fraction of sp³-hybridized carbons (Fsp3) is 0.412. The van der Waals surface area contributed by atoms with E-state index in [-0.39, 0.29) is 36.4 Å². The average molecular weight is 493 g/mol. The van der Waals surface area contributed by atoms with Crippen LogP contribution in [0, 0.1) is 5.82 Å². The van der Waals surface area contributed by atoms with Gasteiger partial charge in [0.2, 0.25) is 0 Å². The van der Waals surface area contributed by atoms with E-state index >= 15 is 0 Å². The number of nitrogens with zero attached hydrogens (tertiary/aromatic N) is 3. The van der Waals surface area contributed by atoms with Gasteiger partial charge in [0.15, 0.2) is 11.1 Å². The SMILES string of the molecule is CN=C(NCc1ccc(F)c(COC)c1)NCc1csc(N(C)C)n1.I. The van der Waals surface area contributed by atoms with Crippen LogP contribution in [0.4, 0.5) is 9.52 Å². The summed E-state index contributed by atoms with van der Waals surface area (Å²) >= 11 is 1.60. The van der Waals surface area contributed by atoms with E-state index in [1.54, 1.807) is 37.6 Å². The van der Waals surface area contributed by atoms with Crippen LogP contribution in [0.15, 0.2) is 28.6 Å². The van der Waals surface area contributed by atoms with Gasteiger partial charge in [0.1, 0.15) is 5.82 Å². The Morgan fingerprint density at radius 3 is 2.65 bits per heavy atom. The van der Waals surface area contributed by atoms with Crippen LogP contribution in [0.3, 0.4) is 0 Å². The Morgan fingerprint density at radius 2 is 2.04 bits per heavy atom. The molecule has 1 aromatic carbocycles. The molecule has 0 bridgehead atoms. The summed E-state index contributed by atoms with van der Waals surface area (Å²) in [7, 11) is 7.20. The van der Waals surface area contributed by atoms with Crippen LogP contribution in [0.1, 0.15) is 16.8 Å². The lowest BCUT2D eigenvalue weighted by atomic mass is 10.1. The van der Waals surface area contributed by atoms with Gasteiger partial charge in [-0.1, -0.05) is 6.07 Å². The third kappa shape index (κ3) is 6.69. The fourth-order valence-corrected chi connectivity index (χ4v) is 2.93. The highest BCUT2D eigenvalue weighted by Gasteiger charge is 2.06. The van der Waals surface area contributed by atoms with Crippen LogP contribution in [0.5, 0.6) is 0 Å². The van der Waals surface area contributed by atoms with E-state index in [2.05, 4.69) is 20.6 Å². The van der Waals surface area contributed by atoms with Crippen LogP contribution in [-0.2, 0) is 24.4 Å². The molecule has 144 valence electrons. The molecule has 0 aliphatic carbocycles. The van der Waals surface area contributed by atoms with Gasteiger partial charge in [-0.15, -0.1) is 35.3 Å². The Balaban J connectivity index is 0.00000338. The predicted molar refractivity (Wildman–Crippen MR) is 116 cm³/mol. The number of nitrogens with one attached hydrogen (secondary N) is 2. The summed E-state index contributed by atoms with van der Waals surface area (Å²) in [6, 6.07) is 5.00. The Bertz CT molecular complexity index is 723. The summed E-state index contributed by atoms with van der Waals surface area (Å²) < 4.78 is 18.7. The first-order valence-corrected chi connectivity index (χ1v) is 8.74. The van der Waals surface area contributed by atoms with Crippen molar-refractivity contribution >= 4 is 46.4 Å². The lowest BCUT2D eigenvalue weighted by Crippen LogP contribution is -2.36. The molecule has 0 amide bonds. The number of ether oxygens (including phenoxy) is 1. The second-order valence-corrected chi connectivity index (χ2v) is 6.49. The molecule has 0 aliphatic rings. The number of guanidine groups is 1. The average Bonchev–Trinajstić information content (AvgIpc) is 3.07. The third-order valence-corrected chi connectivity index (χ3v) is 4.51. The van der Waals surface area contributed by atoms with Crippen molar-refractivity contribution < 1.29 is 9.13 Å². The number of hydrogen-bond acceptors (Lipinski definition) is 5. The summed E-state index contributed by atoms with van der Waals surface area (Å²) in [5, 5.41) is 9.43. The van der Waals surface area contributed by atoms with Gasteiger partial charge in [-0.25, -0.2) is 9.37 Å². The van der Waals surface area contributed by atoms with Gasteiger partial charge in [0.25, 0.3) is 0 Å². The van der Waals surface area contributed by atoms with Gasteiger partial charge < -0.3 is 20.3 Å². The number of halogens is 2. The van der Waals surface area contributed by atoms with Crippen molar-refractivity contribution in [1.82, 2.24) is 15.6 Å². The largest absolute Gasteiger partial charge is 0.380 e. The van der Waals surface area contributed by atoms with E-state index in [1.165, 1.54) is 6.07 Å². The first-order chi connectivity index (χ1) is 12.0. The lowest BCUT2D eigenvalue weighted by molar-refractivity contribution is 0.181. The number of thiazole rings is 1. The van der Waals surface area contributed by atoms with E-state index in [0.29, 0.717) is 24.6 Å². The standard InChI is InChI=1S/C17H24FN5OS.HI/c1-19-16(21-9-14-11-25-17(22-14)23(2)3)20-8-12-5-6-15(18)13(7-12)10-24-4;/h5-7,11H,8-10H2,1-4H3,(H2,19,20,21);1H. The number of aliphatic imine (C=N–C) groups is 1. The van der Waals surface area contributed by atoms with Crippen molar-refractivity contribution in [3.63, 3.8) is 0 Å². The molecule has 1 aromatic heterocycles. The van der Waals surface area contributed by atoms with E-state index in [0.717, 1.165) is 16.4 Å². The molecular weight excluding hydrogens is 468 g/mol. The summed E-state index contributed by atoms with van der Waals surface area (Å²) in [5.74, 6) is 0.408. The van der Waals surface area contributed by atoms with Crippen molar-refractivity contribution in [3.05, 3.63) is 46.2 Å². The van der Waals surface area contributed by atoms with Gasteiger partial charge in [0, 0.05) is 45.7 Å². The zero-order valence-electron chi connectivity index (χ0n) is 15.4. The molecule has 2 N–H and O–H groups in total. The first kappa shape index (κ1) is 22.6. The molecule has 0 radical (unpaired) electrons. The smallest absolute Gasteiger partial charge is 0.191 e. The number of benzene rings is 1. The molecule has 0 unspecified atom stereocenters. The lowest BCUT2D eigenvalue weighted by Gasteiger charge is -2.12. The number of anilines is 1.